The molecule has 3 rings (SSSR count). The highest BCUT2D eigenvalue weighted by molar-refractivity contribution is 6.39. The molecule has 0 spiro atoms. The van der Waals surface area contributed by atoms with E-state index in [-0.39, 0.29) is 24.7 Å². The summed E-state index contributed by atoms with van der Waals surface area (Å²) in [4.78, 5) is 32.6. The van der Waals surface area contributed by atoms with Gasteiger partial charge in [-0.2, -0.15) is 0 Å². The number of amides is 2. The van der Waals surface area contributed by atoms with Crippen LogP contribution in [0.15, 0.2) is 42.6 Å². The van der Waals surface area contributed by atoms with Gasteiger partial charge in [-0.3, -0.25) is 14.6 Å². The number of nitrogens with two attached hydrogens (primary N) is 2. The van der Waals surface area contributed by atoms with Gasteiger partial charge >= 0.3 is 0 Å². The van der Waals surface area contributed by atoms with Crippen molar-refractivity contribution in [2.24, 2.45) is 11.5 Å². The third-order valence-corrected chi connectivity index (χ3v) is 5.12. The van der Waals surface area contributed by atoms with E-state index in [9.17, 15) is 9.59 Å². The maximum Gasteiger partial charge on any atom is 0.269 e. The van der Waals surface area contributed by atoms with Crippen molar-refractivity contribution in [1.82, 2.24) is 15.3 Å². The molecule has 0 aliphatic rings. The molecule has 10 heteroatoms. The summed E-state index contributed by atoms with van der Waals surface area (Å²) in [5.74, 6) is -1.07. The highest BCUT2D eigenvalue weighted by atomic mass is 35.5. The van der Waals surface area contributed by atoms with E-state index < -0.39 is 5.91 Å². The molecule has 0 aliphatic carbocycles. The second-order valence-electron chi connectivity index (χ2n) is 6.23. The van der Waals surface area contributed by atoms with Crippen molar-refractivity contribution < 1.29 is 9.59 Å². The first-order valence-corrected chi connectivity index (χ1v) is 9.81. The van der Waals surface area contributed by atoms with E-state index in [1.54, 1.807) is 36.4 Å². The second kappa shape index (κ2) is 9.40. The van der Waals surface area contributed by atoms with E-state index in [0.717, 1.165) is 0 Å². The number of nitrogens with zero attached hydrogens (tertiary/aromatic N) is 2. The molecule has 2 amide bonds. The van der Waals surface area contributed by atoms with Crippen LogP contribution in [-0.2, 0) is 13.1 Å². The molecule has 154 valence electrons. The number of aromatic nitrogens is 2. The lowest BCUT2D eigenvalue weighted by Crippen LogP contribution is -2.23. The minimum atomic E-state index is -0.726. The molecule has 0 radical (unpaired) electrons. The third-order valence-electron chi connectivity index (χ3n) is 4.23. The number of benzene rings is 2. The van der Waals surface area contributed by atoms with E-state index in [2.05, 4.69) is 15.3 Å². The van der Waals surface area contributed by atoms with Crippen molar-refractivity contribution in [3.63, 3.8) is 0 Å². The molecule has 0 saturated carbocycles. The number of halogens is 3. The van der Waals surface area contributed by atoms with Crippen LogP contribution in [0.2, 0.25) is 15.1 Å². The van der Waals surface area contributed by atoms with Crippen LogP contribution in [0.25, 0.3) is 11.3 Å². The fourth-order valence-electron chi connectivity index (χ4n) is 2.73. The van der Waals surface area contributed by atoms with Crippen LogP contribution < -0.4 is 16.8 Å². The number of carbonyl (C=O) groups excluding carboxylic acids is 2. The molecule has 0 fully saturated rings. The molecule has 1 heterocycles. The molecule has 0 bridgehead atoms. The Balaban J connectivity index is 1.83. The van der Waals surface area contributed by atoms with Gasteiger partial charge in [-0.05, 0) is 24.3 Å². The summed E-state index contributed by atoms with van der Waals surface area (Å²) in [6, 6.07) is 9.79. The van der Waals surface area contributed by atoms with Crippen LogP contribution in [0.1, 0.15) is 32.1 Å². The third kappa shape index (κ3) is 4.88. The van der Waals surface area contributed by atoms with Gasteiger partial charge in [0.2, 0.25) is 0 Å². The zero-order valence-corrected chi connectivity index (χ0v) is 17.7. The van der Waals surface area contributed by atoms with E-state index in [1.165, 1.54) is 6.20 Å². The first kappa shape index (κ1) is 22.0. The van der Waals surface area contributed by atoms with E-state index in [0.29, 0.717) is 43.1 Å². The molecule has 5 N–H and O–H groups in total. The smallest absolute Gasteiger partial charge is 0.269 e. The molecular formula is C20H16Cl3N5O2. The second-order valence-corrected chi connectivity index (χ2v) is 7.48. The number of hydrogen-bond acceptors (Lipinski definition) is 5. The maximum atomic E-state index is 12.6. The molecule has 0 unspecified atom stereocenters. The molecular weight excluding hydrogens is 449 g/mol. The lowest BCUT2D eigenvalue weighted by Gasteiger charge is -2.11. The maximum absolute atomic E-state index is 12.6. The number of primary amides is 1. The van der Waals surface area contributed by atoms with E-state index >= 15 is 0 Å². The van der Waals surface area contributed by atoms with Gasteiger partial charge in [-0.25, -0.2) is 4.98 Å². The summed E-state index contributed by atoms with van der Waals surface area (Å²) in [7, 11) is 0. The fourth-order valence-corrected chi connectivity index (χ4v) is 3.68. The quantitative estimate of drug-likeness (QED) is 0.514. The Hall–Kier alpha value is -2.71. The van der Waals surface area contributed by atoms with Gasteiger partial charge < -0.3 is 16.8 Å². The average Bonchev–Trinajstić information content (AvgIpc) is 2.72. The van der Waals surface area contributed by atoms with Gasteiger partial charge in [0, 0.05) is 44.8 Å². The summed E-state index contributed by atoms with van der Waals surface area (Å²) >= 11 is 18.2. The van der Waals surface area contributed by atoms with Gasteiger partial charge in [-0.1, -0.05) is 46.9 Å². The minimum Gasteiger partial charge on any atom is -0.364 e. The molecule has 7 nitrogen and oxygen atoms in total. The predicted octanol–water partition coefficient (Wildman–Crippen LogP) is 3.59. The Morgan fingerprint density at radius 3 is 2.40 bits per heavy atom. The zero-order chi connectivity index (χ0) is 21.8. The summed E-state index contributed by atoms with van der Waals surface area (Å²) in [6.07, 6.45) is 1.47. The lowest BCUT2D eigenvalue weighted by atomic mass is 10.1. The van der Waals surface area contributed by atoms with Crippen molar-refractivity contribution in [2.75, 3.05) is 0 Å². The normalized spacial score (nSPS) is 10.7. The largest absolute Gasteiger partial charge is 0.364 e. The number of nitrogens with one attached hydrogen (secondary N) is 1. The number of rotatable bonds is 6. The number of carbonyl (C=O) groups is 2. The predicted molar refractivity (Wildman–Crippen MR) is 117 cm³/mol. The van der Waals surface area contributed by atoms with Crippen LogP contribution in [0.3, 0.4) is 0 Å². The monoisotopic (exact) mass is 463 g/mol. The molecule has 30 heavy (non-hydrogen) atoms. The highest BCUT2D eigenvalue weighted by Gasteiger charge is 2.15. The molecule has 0 saturated heterocycles. The Morgan fingerprint density at radius 1 is 1.07 bits per heavy atom. The van der Waals surface area contributed by atoms with Crippen LogP contribution in [0, 0.1) is 0 Å². The Bertz CT molecular complexity index is 1110. The Labute approximate surface area is 187 Å². The summed E-state index contributed by atoms with van der Waals surface area (Å²) in [6.45, 7) is 0.151. The molecule has 0 atom stereocenters. The standard InChI is InChI=1S/C20H16Cl3N5O2/c21-12-5-14(22)13(15(23)6-12)8-27-20(30)11-3-1-2-10(4-11)17-9-26-16(7-24)18(28-17)19(25)29/h1-6,9H,7-8,24H2,(H2,25,29)(H,27,30). The first-order valence-electron chi connectivity index (χ1n) is 8.68. The summed E-state index contributed by atoms with van der Waals surface area (Å²) in [5.41, 5.74) is 13.1. The van der Waals surface area contributed by atoms with Crippen LogP contribution >= 0.6 is 34.8 Å². The van der Waals surface area contributed by atoms with Crippen molar-refractivity contribution in [1.29, 1.82) is 0 Å². The minimum absolute atomic E-state index is 0.00289. The van der Waals surface area contributed by atoms with Gasteiger partial charge in [0.05, 0.1) is 17.6 Å². The summed E-state index contributed by atoms with van der Waals surface area (Å²) in [5, 5.41) is 3.89. The molecule has 0 aliphatic heterocycles. The van der Waals surface area contributed by atoms with E-state index in [1.807, 2.05) is 0 Å². The first-order chi connectivity index (χ1) is 14.3. The van der Waals surface area contributed by atoms with Crippen molar-refractivity contribution in [2.45, 2.75) is 13.1 Å². The van der Waals surface area contributed by atoms with Crippen LogP contribution in [0.4, 0.5) is 0 Å². The average molecular weight is 465 g/mol. The lowest BCUT2D eigenvalue weighted by molar-refractivity contribution is 0.0949. The molecule has 3 aromatic rings. The van der Waals surface area contributed by atoms with Crippen molar-refractivity contribution in [3.05, 3.63) is 80.2 Å². The highest BCUT2D eigenvalue weighted by Crippen LogP contribution is 2.29. The topological polar surface area (TPSA) is 124 Å². The fraction of sp³-hybridized carbons (Fsp3) is 0.100. The summed E-state index contributed by atoms with van der Waals surface area (Å²) < 4.78 is 0. The molecule has 1 aromatic heterocycles. The number of hydrogen-bond donors (Lipinski definition) is 3. The van der Waals surface area contributed by atoms with Crippen molar-refractivity contribution in [3.8, 4) is 11.3 Å². The van der Waals surface area contributed by atoms with Gasteiger partial charge in [0.1, 0.15) is 0 Å². The van der Waals surface area contributed by atoms with Crippen LogP contribution in [-0.4, -0.2) is 21.8 Å². The van der Waals surface area contributed by atoms with Gasteiger partial charge in [0.15, 0.2) is 5.69 Å². The molecule has 2 aromatic carbocycles. The van der Waals surface area contributed by atoms with Gasteiger partial charge in [0.25, 0.3) is 11.8 Å². The van der Waals surface area contributed by atoms with Crippen LogP contribution in [0.5, 0.6) is 0 Å². The van der Waals surface area contributed by atoms with Crippen molar-refractivity contribution >= 4 is 46.6 Å². The Kier molecular flexibility index (Phi) is 6.89. The van der Waals surface area contributed by atoms with Gasteiger partial charge in [-0.15, -0.1) is 0 Å². The SMILES string of the molecule is NCc1ncc(-c2cccc(C(=O)NCc3c(Cl)cc(Cl)cc3Cl)c2)nc1C(N)=O. The van der Waals surface area contributed by atoms with E-state index in [4.69, 9.17) is 46.3 Å². The Morgan fingerprint density at radius 2 is 1.77 bits per heavy atom. The zero-order valence-electron chi connectivity index (χ0n) is 15.5.